The number of benzene rings is 14. The first kappa shape index (κ1) is 70.7. The van der Waals surface area contributed by atoms with E-state index in [9.17, 15) is 0 Å². The minimum atomic E-state index is 0.961. The van der Waals surface area contributed by atoms with Crippen molar-refractivity contribution in [3.8, 4) is 45.0 Å². The summed E-state index contributed by atoms with van der Waals surface area (Å²) in [5, 5.41) is 21.5. The van der Waals surface area contributed by atoms with E-state index < -0.39 is 0 Å². The molecule has 8 aromatic heterocycles. The van der Waals surface area contributed by atoms with E-state index in [0.29, 0.717) is 0 Å². The second kappa shape index (κ2) is 27.6. The Labute approximate surface area is 660 Å². The smallest absolute Gasteiger partial charge is 0.286 e. The number of aromatic nitrogens is 6. The molecule has 114 heavy (non-hydrogen) atoms. The summed E-state index contributed by atoms with van der Waals surface area (Å²) in [6.07, 6.45) is 3.72. The maximum Gasteiger partial charge on any atom is 0.286 e. The lowest BCUT2D eigenvalue weighted by Gasteiger charge is -2.10. The number of rotatable bonds is 4. The van der Waals surface area contributed by atoms with Crippen LogP contribution in [0, 0.1) is 69.2 Å². The molecule has 14 aromatic carbocycles. The summed E-state index contributed by atoms with van der Waals surface area (Å²) in [5.41, 5.74) is 31.7. The third-order valence-electron chi connectivity index (χ3n) is 24.0. The Kier molecular flexibility index (Phi) is 17.1. The van der Waals surface area contributed by atoms with Crippen LogP contribution in [-0.2, 0) is 28.2 Å². The van der Waals surface area contributed by atoms with Crippen molar-refractivity contribution in [1.82, 2.24) is 9.97 Å². The molecular formula is C104H86N6O4+4. The molecule has 0 unspecified atom stereocenters. The van der Waals surface area contributed by atoms with E-state index in [1.54, 1.807) is 0 Å². The highest BCUT2D eigenvalue weighted by atomic mass is 16.3. The molecule has 0 amide bonds. The van der Waals surface area contributed by atoms with Crippen LogP contribution in [-0.4, -0.2) is 9.97 Å². The van der Waals surface area contributed by atoms with Crippen LogP contribution < -0.4 is 18.3 Å². The van der Waals surface area contributed by atoms with Crippen LogP contribution >= 0.6 is 0 Å². The molecule has 0 aliphatic rings. The van der Waals surface area contributed by atoms with Gasteiger partial charge in [0.1, 0.15) is 70.1 Å². The molecule has 22 aromatic rings. The summed E-state index contributed by atoms with van der Waals surface area (Å²) < 4.78 is 34.6. The number of pyridine rings is 2. The fourth-order valence-corrected chi connectivity index (χ4v) is 18.0. The molecule has 0 spiro atoms. The quantitative estimate of drug-likeness (QED) is 0.163. The molecule has 22 rings (SSSR count). The minimum absolute atomic E-state index is 0.961. The van der Waals surface area contributed by atoms with Crippen LogP contribution in [0.3, 0.4) is 0 Å². The third kappa shape index (κ3) is 11.5. The molecule has 0 fully saturated rings. The van der Waals surface area contributed by atoms with Gasteiger partial charge >= 0.3 is 0 Å². The Hall–Kier alpha value is -13.7. The van der Waals surface area contributed by atoms with Gasteiger partial charge in [0.2, 0.25) is 22.4 Å². The lowest BCUT2D eigenvalue weighted by Crippen LogP contribution is -2.32. The Morgan fingerprint density at radius 3 is 0.789 bits per heavy atom. The molecule has 0 saturated carbocycles. The molecule has 0 radical (unpaired) electrons. The fraction of sp³-hybridized carbons (Fsp3) is 0.135. The van der Waals surface area contributed by atoms with Gasteiger partial charge in [0, 0.05) is 148 Å². The molecular weight excluding hydrogens is 1400 g/mol. The third-order valence-corrected chi connectivity index (χ3v) is 24.0. The van der Waals surface area contributed by atoms with Crippen LogP contribution in [0.1, 0.15) is 55.9 Å². The largest absolute Gasteiger partial charge is 0.455 e. The Morgan fingerprint density at radius 2 is 0.491 bits per heavy atom. The van der Waals surface area contributed by atoms with Crippen LogP contribution in [0.25, 0.3) is 198 Å². The molecule has 0 saturated heterocycles. The highest BCUT2D eigenvalue weighted by Gasteiger charge is 2.27. The maximum absolute atomic E-state index is 6.53. The lowest BCUT2D eigenvalue weighted by atomic mass is 9.97. The maximum atomic E-state index is 6.53. The van der Waals surface area contributed by atoms with Crippen LogP contribution in [0.2, 0.25) is 0 Å². The van der Waals surface area contributed by atoms with E-state index in [4.69, 9.17) is 17.7 Å². The topological polar surface area (TPSA) is 93.9 Å². The van der Waals surface area contributed by atoms with E-state index in [1.165, 1.54) is 164 Å². The van der Waals surface area contributed by atoms with E-state index in [1.807, 2.05) is 40.6 Å². The summed E-state index contributed by atoms with van der Waals surface area (Å²) in [6, 6.07) is 90.6. The lowest BCUT2D eigenvalue weighted by molar-refractivity contribution is -0.663. The van der Waals surface area contributed by atoms with Crippen molar-refractivity contribution in [1.29, 1.82) is 0 Å². The van der Waals surface area contributed by atoms with Crippen molar-refractivity contribution in [3.63, 3.8) is 0 Å². The van der Waals surface area contributed by atoms with Gasteiger partial charge in [-0.25, -0.2) is 9.13 Å². The second-order valence-corrected chi connectivity index (χ2v) is 31.1. The Balaban J connectivity index is 0.000000102. The van der Waals surface area contributed by atoms with Gasteiger partial charge in [-0.2, -0.15) is 9.13 Å². The average molecular weight is 1480 g/mol. The molecule has 0 bridgehead atoms. The zero-order valence-corrected chi connectivity index (χ0v) is 66.7. The van der Waals surface area contributed by atoms with Gasteiger partial charge in [-0.3, -0.25) is 0 Å². The summed E-state index contributed by atoms with van der Waals surface area (Å²) in [4.78, 5) is 8.73. The molecule has 10 heteroatoms. The van der Waals surface area contributed by atoms with E-state index in [-0.39, 0.29) is 0 Å². The average Bonchev–Trinajstić information content (AvgIpc) is 1.50. The molecule has 0 aliphatic heterocycles. The normalized spacial score (nSPS) is 11.8. The molecule has 0 atom stereocenters. The van der Waals surface area contributed by atoms with E-state index in [0.717, 1.165) is 89.3 Å². The van der Waals surface area contributed by atoms with Crippen molar-refractivity contribution >= 4 is 153 Å². The molecule has 552 valence electrons. The summed E-state index contributed by atoms with van der Waals surface area (Å²) in [5.74, 6) is 0. The van der Waals surface area contributed by atoms with Gasteiger partial charge < -0.3 is 17.7 Å². The Bertz CT molecular complexity index is 7340. The first-order chi connectivity index (χ1) is 55.3. The van der Waals surface area contributed by atoms with Gasteiger partial charge in [0.05, 0.1) is 36.0 Å². The van der Waals surface area contributed by atoms with Gasteiger partial charge in [0.15, 0.2) is 11.4 Å². The number of fused-ring (bicyclic) bond motifs is 22. The van der Waals surface area contributed by atoms with Crippen LogP contribution in [0.4, 0.5) is 0 Å². The standard InChI is InChI=1S/2C29H24NO.2C23H19N2O/c2*1-17-8-7-11-25-27(17)18(2)16-26(30(25)4)21-14-15-23-24-13-12-20-9-5-6-10-22(20)29(24)31-28(23)19(21)3;2*1-14-12-21(25(3)13-24-14)17-10-11-19-20-9-8-16-6-4-5-7-18(16)23(20)26-22(19)15(17)2/h2*5-16H,1-4H3;2*4-13H,1-3H3/q4*+1. The first-order valence-electron chi connectivity index (χ1n) is 39.1. The second-order valence-electron chi connectivity index (χ2n) is 31.1. The zero-order valence-electron chi connectivity index (χ0n) is 66.7. The van der Waals surface area contributed by atoms with Crippen molar-refractivity contribution in [2.75, 3.05) is 0 Å². The molecule has 8 heterocycles. The number of aryl methyl sites for hydroxylation is 14. The Morgan fingerprint density at radius 1 is 0.228 bits per heavy atom. The molecule has 10 nitrogen and oxygen atoms in total. The fourth-order valence-electron chi connectivity index (χ4n) is 18.0. The zero-order chi connectivity index (χ0) is 78.2. The first-order valence-corrected chi connectivity index (χ1v) is 39.1. The predicted molar refractivity (Wildman–Crippen MR) is 469 cm³/mol. The van der Waals surface area contributed by atoms with Crippen molar-refractivity contribution < 1.29 is 35.9 Å². The van der Waals surface area contributed by atoms with Crippen molar-refractivity contribution in [3.05, 3.63) is 323 Å². The monoisotopic (exact) mass is 1480 g/mol. The number of nitrogens with zero attached hydrogens (tertiary/aromatic N) is 6. The summed E-state index contributed by atoms with van der Waals surface area (Å²) >= 11 is 0. The summed E-state index contributed by atoms with van der Waals surface area (Å²) in [7, 11) is 8.37. The SMILES string of the molecule is Cc1c(-c2cc(C)c3c(C)cccc3[n+]2C)ccc2c1oc1c3ccccc3ccc21.Cc1c(-c2cc(C)c3c(C)cccc3[n+]2C)ccc2c1oc1c3ccccc3ccc21.Cc1cc(-c2ccc3c(oc4c5ccccc5ccc34)c2C)[n+](C)cn1.Cc1cc(-c2ccc3c(oc4c5ccccc5ccc34)c2C)[n+](C)cn1. The molecule has 0 N–H and O–H groups in total. The van der Waals surface area contributed by atoms with Gasteiger partial charge in [-0.1, -0.05) is 156 Å². The van der Waals surface area contributed by atoms with Crippen molar-refractivity contribution in [2.24, 2.45) is 28.2 Å². The molecule has 0 aliphatic carbocycles. The number of furan rings is 4. The number of hydrogen-bond donors (Lipinski definition) is 0. The van der Waals surface area contributed by atoms with Crippen LogP contribution in [0.15, 0.2) is 285 Å². The predicted octanol–water partition coefficient (Wildman–Crippen LogP) is 25.1. The van der Waals surface area contributed by atoms with Crippen LogP contribution in [0.5, 0.6) is 0 Å². The van der Waals surface area contributed by atoms with Gasteiger partial charge in [0.25, 0.3) is 12.7 Å². The summed E-state index contributed by atoms with van der Waals surface area (Å²) in [6.45, 7) is 21.5. The van der Waals surface area contributed by atoms with E-state index in [2.05, 4.69) is 353 Å². The van der Waals surface area contributed by atoms with E-state index >= 15 is 0 Å². The number of hydrogen-bond acceptors (Lipinski definition) is 6. The highest BCUT2D eigenvalue weighted by molar-refractivity contribution is 6.20. The van der Waals surface area contributed by atoms with Gasteiger partial charge in [-0.15, -0.1) is 0 Å². The highest BCUT2D eigenvalue weighted by Crippen LogP contribution is 2.44. The minimum Gasteiger partial charge on any atom is -0.455 e. The van der Waals surface area contributed by atoms with Crippen molar-refractivity contribution in [2.45, 2.75) is 69.2 Å². The van der Waals surface area contributed by atoms with Gasteiger partial charge in [-0.05, 0) is 172 Å².